The second-order valence-corrected chi connectivity index (χ2v) is 9.90. The third-order valence-corrected chi connectivity index (χ3v) is 4.67. The molecule has 0 amide bonds. The molecular weight excluding hydrogens is 413 g/mol. The van der Waals surface area contributed by atoms with Gasteiger partial charge in [-0.15, -0.1) is 0 Å². The Hall–Kier alpha value is -0.620. The number of unbranched alkanes of at least 4 members (excludes halogenated alkanes) is 13. The van der Waals surface area contributed by atoms with Crippen LogP contribution in [-0.4, -0.2) is 24.5 Å². The molecule has 1 atom stereocenters. The Morgan fingerprint density at radius 3 is 1.31 bits per heavy atom. The van der Waals surface area contributed by atoms with Crippen molar-refractivity contribution in [2.45, 2.75) is 96.8 Å². The van der Waals surface area contributed by atoms with E-state index in [2.05, 4.69) is 37.3 Å². The number of rotatable bonds is 15. The molecule has 1 unspecified atom stereocenters. The first-order chi connectivity index (χ1) is 13.3. The molecule has 0 bridgehead atoms. The third kappa shape index (κ3) is 29.7. The molecule has 0 fully saturated rings. The van der Waals surface area contributed by atoms with E-state index in [9.17, 15) is 25.2 Å². The van der Waals surface area contributed by atoms with E-state index in [1.807, 2.05) is 0 Å². The fraction of sp³-hybridized carbons (Fsp3) is 0.850. The second kappa shape index (κ2) is 12.9. The molecule has 1 rings (SSSR count). The van der Waals surface area contributed by atoms with E-state index in [1.54, 1.807) is 0 Å². The average molecular weight is 454 g/mol. The van der Waals surface area contributed by atoms with Gasteiger partial charge in [0.1, 0.15) is 0 Å². The number of nitrogens with one attached hydrogen (secondary N) is 1. The van der Waals surface area contributed by atoms with Gasteiger partial charge >= 0.3 is 39.3 Å². The SMILES string of the molecule is CCCCCCCCCCCCCCCC[N+]1=C[NH+](C)C=C1.F[P-](F)(F)(F)(F)F. The van der Waals surface area contributed by atoms with Crippen molar-refractivity contribution >= 4 is 14.1 Å². The zero-order chi connectivity index (χ0) is 22.3. The quantitative estimate of drug-likeness (QED) is 0.112. The van der Waals surface area contributed by atoms with E-state index in [1.165, 1.54) is 101 Å². The maximum atomic E-state index is 9.87. The van der Waals surface area contributed by atoms with Crippen molar-refractivity contribution in [3.8, 4) is 0 Å². The molecule has 0 radical (unpaired) electrons. The summed E-state index contributed by atoms with van der Waals surface area (Å²) in [7, 11) is -8.49. The van der Waals surface area contributed by atoms with Crippen LogP contribution >= 0.6 is 7.81 Å². The number of hydrogen-bond acceptors (Lipinski definition) is 0. The summed E-state index contributed by atoms with van der Waals surface area (Å²) in [6, 6.07) is 0. The fourth-order valence-electron chi connectivity index (χ4n) is 3.19. The van der Waals surface area contributed by atoms with Crippen LogP contribution in [0.2, 0.25) is 0 Å². The Kier molecular flexibility index (Phi) is 12.7. The molecule has 29 heavy (non-hydrogen) atoms. The number of nitrogens with zero attached hydrogens (tertiary/aromatic N) is 1. The van der Waals surface area contributed by atoms with Gasteiger partial charge in [0.05, 0.1) is 7.05 Å². The van der Waals surface area contributed by atoms with Crippen LogP contribution in [0.3, 0.4) is 0 Å². The summed E-state index contributed by atoms with van der Waals surface area (Å²) in [5.41, 5.74) is 0. The molecule has 0 aliphatic carbocycles. The van der Waals surface area contributed by atoms with E-state index in [4.69, 9.17) is 0 Å². The summed E-state index contributed by atoms with van der Waals surface area (Å²) < 4.78 is 61.5. The number of halogens is 6. The van der Waals surface area contributed by atoms with Gasteiger partial charge in [-0.2, -0.15) is 4.58 Å². The summed E-state index contributed by atoms with van der Waals surface area (Å²) in [5, 5.41) is 0. The first-order valence-electron chi connectivity index (χ1n) is 11.0. The van der Waals surface area contributed by atoms with E-state index < -0.39 is 7.81 Å². The van der Waals surface area contributed by atoms with Gasteiger partial charge in [0.25, 0.3) is 0 Å². The van der Waals surface area contributed by atoms with E-state index >= 15 is 0 Å². The van der Waals surface area contributed by atoms with Crippen LogP contribution < -0.4 is 4.90 Å². The first-order valence-corrected chi connectivity index (χ1v) is 13.0. The zero-order valence-electron chi connectivity index (χ0n) is 18.0. The second-order valence-electron chi connectivity index (χ2n) is 7.98. The molecule has 0 saturated carbocycles. The van der Waals surface area contributed by atoms with Gasteiger partial charge in [0, 0.05) is 6.42 Å². The monoisotopic (exact) mass is 453 g/mol. The Morgan fingerprint density at radius 2 is 1.00 bits per heavy atom. The Labute approximate surface area is 172 Å². The molecule has 0 aromatic rings. The van der Waals surface area contributed by atoms with Crippen molar-refractivity contribution in [3.63, 3.8) is 0 Å². The topological polar surface area (TPSA) is 7.45 Å². The summed E-state index contributed by atoms with van der Waals surface area (Å²) in [5.74, 6) is 0. The van der Waals surface area contributed by atoms with Crippen molar-refractivity contribution in [1.29, 1.82) is 0 Å². The van der Waals surface area contributed by atoms with Crippen LogP contribution in [0.1, 0.15) is 96.8 Å². The Bertz CT molecular complexity index is 476. The van der Waals surface area contributed by atoms with E-state index in [0.717, 1.165) is 0 Å². The summed E-state index contributed by atoms with van der Waals surface area (Å²) in [4.78, 5) is 1.38. The van der Waals surface area contributed by atoms with Crippen LogP contribution in [0.4, 0.5) is 25.2 Å². The van der Waals surface area contributed by atoms with Crippen molar-refractivity contribution in [3.05, 3.63) is 12.4 Å². The summed E-state index contributed by atoms with van der Waals surface area (Å²) in [6.45, 7) is 3.49. The number of hydrogen-bond donors (Lipinski definition) is 1. The molecule has 1 aliphatic heterocycles. The van der Waals surface area contributed by atoms with Crippen LogP contribution in [-0.2, 0) is 0 Å². The number of quaternary nitrogens is 1. The van der Waals surface area contributed by atoms with E-state index in [0.29, 0.717) is 0 Å². The molecule has 1 aliphatic rings. The molecule has 9 heteroatoms. The maximum absolute atomic E-state index is 10.7. The minimum absolute atomic E-state index is 1.20. The van der Waals surface area contributed by atoms with Gasteiger partial charge in [0.15, 0.2) is 12.7 Å². The van der Waals surface area contributed by atoms with Gasteiger partial charge < -0.3 is 0 Å². The van der Waals surface area contributed by atoms with Crippen molar-refractivity contribution < 1.29 is 34.7 Å². The van der Waals surface area contributed by atoms with Crippen LogP contribution in [0.15, 0.2) is 12.4 Å². The standard InChI is InChI=1S/C20H39N2.F6P/c1-3-4-5-6-7-8-9-10-11-12-13-14-15-16-17-22-19-18-21(2)20-22;1-7(2,3,4,5)6/h18-20H,3-17H2,1-2H3;/q+1;-1/p+1. The summed E-state index contributed by atoms with van der Waals surface area (Å²) >= 11 is 0. The zero-order valence-corrected chi connectivity index (χ0v) is 18.9. The van der Waals surface area contributed by atoms with Crippen molar-refractivity contribution in [1.82, 2.24) is 0 Å². The molecule has 176 valence electrons. The summed E-state index contributed by atoms with van der Waals surface area (Å²) in [6.07, 6.45) is 26.8. The molecule has 1 heterocycles. The molecule has 0 spiro atoms. The molecule has 0 aromatic carbocycles. The minimum atomic E-state index is -10.7. The average Bonchev–Trinajstić information content (AvgIpc) is 2.97. The van der Waals surface area contributed by atoms with Crippen LogP contribution in [0.5, 0.6) is 0 Å². The molecule has 0 aromatic heterocycles. The van der Waals surface area contributed by atoms with Gasteiger partial charge in [-0.1, -0.05) is 84.0 Å². The first kappa shape index (κ1) is 28.4. The Balaban J connectivity index is 0.000000956. The van der Waals surface area contributed by atoms with E-state index in [-0.39, 0.29) is 0 Å². The van der Waals surface area contributed by atoms with Crippen LogP contribution in [0.25, 0.3) is 0 Å². The molecular formula is C20H40F6N2P+. The van der Waals surface area contributed by atoms with Crippen LogP contribution in [0, 0.1) is 0 Å². The van der Waals surface area contributed by atoms with Crippen molar-refractivity contribution in [2.24, 2.45) is 0 Å². The van der Waals surface area contributed by atoms with Gasteiger partial charge in [-0.25, -0.2) is 4.90 Å². The predicted octanol–water partition coefficient (Wildman–Crippen LogP) is 7.89. The predicted molar refractivity (Wildman–Crippen MR) is 111 cm³/mol. The molecule has 0 saturated heterocycles. The molecule has 1 N–H and O–H groups in total. The van der Waals surface area contributed by atoms with Gasteiger partial charge in [-0.05, 0) is 6.42 Å². The van der Waals surface area contributed by atoms with Crippen molar-refractivity contribution in [2.75, 3.05) is 13.6 Å². The van der Waals surface area contributed by atoms with Gasteiger partial charge in [-0.3, -0.25) is 0 Å². The molecule has 2 nitrogen and oxygen atoms in total. The Morgan fingerprint density at radius 1 is 0.655 bits per heavy atom. The normalized spacial score (nSPS) is 18.6. The van der Waals surface area contributed by atoms with Gasteiger partial charge in [0.2, 0.25) is 6.20 Å². The fourth-order valence-corrected chi connectivity index (χ4v) is 3.19. The third-order valence-electron chi connectivity index (χ3n) is 4.67.